The summed E-state index contributed by atoms with van der Waals surface area (Å²) in [6.45, 7) is 0.633. The third-order valence-electron chi connectivity index (χ3n) is 4.37. The molecule has 1 fully saturated rings. The maximum Gasteiger partial charge on any atom is 0.258 e. The van der Waals surface area contributed by atoms with Crippen LogP contribution in [0.1, 0.15) is 12.8 Å². The fourth-order valence-electron chi connectivity index (χ4n) is 2.94. The molecule has 2 aromatic carbocycles. The number of hydrogen-bond donors (Lipinski definition) is 1. The molecule has 1 aromatic heterocycles. The normalized spacial score (nSPS) is 16.3. The third-order valence-corrected chi connectivity index (χ3v) is 4.37. The van der Waals surface area contributed by atoms with Gasteiger partial charge in [-0.3, -0.25) is 4.79 Å². The number of nitrogens with zero attached hydrogens (tertiary/aromatic N) is 2. The third kappa shape index (κ3) is 3.83. The second-order valence-corrected chi connectivity index (χ2v) is 6.22. The molecule has 0 saturated carbocycles. The Morgan fingerprint density at radius 3 is 2.78 bits per heavy atom. The van der Waals surface area contributed by atoms with Crippen molar-refractivity contribution in [1.29, 1.82) is 0 Å². The summed E-state index contributed by atoms with van der Waals surface area (Å²) in [6.07, 6.45) is 1.29. The van der Waals surface area contributed by atoms with E-state index >= 15 is 0 Å². The fraction of sp³-hybridized carbons (Fsp3) is 0.250. The van der Waals surface area contributed by atoms with Gasteiger partial charge in [0.1, 0.15) is 11.9 Å². The fourth-order valence-corrected chi connectivity index (χ4v) is 2.94. The summed E-state index contributed by atoms with van der Waals surface area (Å²) in [7, 11) is 1.62. The van der Waals surface area contributed by atoms with E-state index in [1.54, 1.807) is 13.2 Å². The second-order valence-electron chi connectivity index (χ2n) is 6.22. The zero-order chi connectivity index (χ0) is 18.6. The number of benzene rings is 2. The van der Waals surface area contributed by atoms with E-state index in [-0.39, 0.29) is 12.0 Å². The van der Waals surface area contributed by atoms with E-state index in [0.29, 0.717) is 24.0 Å². The number of aromatic nitrogens is 2. The Labute approximate surface area is 156 Å². The largest absolute Gasteiger partial charge is 0.497 e. The molecule has 3 aromatic rings. The summed E-state index contributed by atoms with van der Waals surface area (Å²) in [4.78, 5) is 16.7. The number of carbonyl (C=O) groups excluding carboxylic acids is 1. The summed E-state index contributed by atoms with van der Waals surface area (Å²) in [5.41, 5.74) is 2.22. The molecule has 7 nitrogen and oxygen atoms in total. The molecule has 7 heteroatoms. The van der Waals surface area contributed by atoms with Crippen LogP contribution in [0.15, 0.2) is 53.1 Å². The van der Waals surface area contributed by atoms with E-state index in [0.717, 1.165) is 29.7 Å². The number of rotatable bonds is 5. The van der Waals surface area contributed by atoms with Gasteiger partial charge in [0, 0.05) is 23.4 Å². The highest BCUT2D eigenvalue weighted by Gasteiger charge is 2.23. The van der Waals surface area contributed by atoms with Crippen LogP contribution >= 0.6 is 0 Å². The SMILES string of the molecule is COc1ccc(-c2noc(-c3cccc(NC(=O)C4CCCO4)c3)n2)cc1. The second kappa shape index (κ2) is 7.59. The van der Waals surface area contributed by atoms with E-state index in [1.165, 1.54) is 0 Å². The van der Waals surface area contributed by atoms with Gasteiger partial charge < -0.3 is 19.3 Å². The first kappa shape index (κ1) is 17.2. The zero-order valence-electron chi connectivity index (χ0n) is 14.8. The molecule has 0 aliphatic carbocycles. The predicted octanol–water partition coefficient (Wildman–Crippen LogP) is 3.53. The Kier molecular flexibility index (Phi) is 4.84. The summed E-state index contributed by atoms with van der Waals surface area (Å²) in [6, 6.07) is 14.7. The quantitative estimate of drug-likeness (QED) is 0.744. The van der Waals surface area contributed by atoms with Crippen molar-refractivity contribution in [3.63, 3.8) is 0 Å². The number of ether oxygens (including phenoxy) is 2. The first-order chi connectivity index (χ1) is 13.2. The molecule has 1 saturated heterocycles. The van der Waals surface area contributed by atoms with E-state index in [4.69, 9.17) is 14.0 Å². The molecule has 1 aliphatic rings. The Hall–Kier alpha value is -3.19. The number of carbonyl (C=O) groups is 1. The number of hydrogen-bond acceptors (Lipinski definition) is 6. The first-order valence-electron chi connectivity index (χ1n) is 8.74. The van der Waals surface area contributed by atoms with Crippen LogP contribution in [-0.2, 0) is 9.53 Å². The summed E-state index contributed by atoms with van der Waals surface area (Å²) in [5.74, 6) is 1.50. The van der Waals surface area contributed by atoms with Crippen LogP contribution in [0, 0.1) is 0 Å². The van der Waals surface area contributed by atoms with Gasteiger partial charge in [-0.05, 0) is 55.3 Å². The monoisotopic (exact) mass is 365 g/mol. The molecule has 1 unspecified atom stereocenters. The highest BCUT2D eigenvalue weighted by Crippen LogP contribution is 2.26. The van der Waals surface area contributed by atoms with Crippen LogP contribution in [0.25, 0.3) is 22.8 Å². The molecule has 4 rings (SSSR count). The van der Waals surface area contributed by atoms with Crippen molar-refractivity contribution in [1.82, 2.24) is 10.1 Å². The van der Waals surface area contributed by atoms with E-state index in [1.807, 2.05) is 42.5 Å². The number of amides is 1. The van der Waals surface area contributed by atoms with Crippen molar-refractivity contribution in [3.05, 3.63) is 48.5 Å². The molecule has 0 bridgehead atoms. The van der Waals surface area contributed by atoms with Gasteiger partial charge in [0.2, 0.25) is 5.82 Å². The average molecular weight is 365 g/mol. The Bertz CT molecular complexity index is 930. The molecule has 1 aliphatic heterocycles. The molecule has 1 amide bonds. The van der Waals surface area contributed by atoms with Crippen LogP contribution in [0.3, 0.4) is 0 Å². The summed E-state index contributed by atoms with van der Waals surface area (Å²) in [5, 5.41) is 6.92. The van der Waals surface area contributed by atoms with Gasteiger partial charge in [-0.1, -0.05) is 11.2 Å². The standard InChI is InChI=1S/C20H19N3O4/c1-25-16-9-7-13(8-10-16)18-22-20(27-23-18)14-4-2-5-15(12-14)21-19(24)17-6-3-11-26-17/h2,4-5,7-10,12,17H,3,6,11H2,1H3,(H,21,24). The Morgan fingerprint density at radius 2 is 2.04 bits per heavy atom. The van der Waals surface area contributed by atoms with Crippen molar-refractivity contribution in [2.45, 2.75) is 18.9 Å². The highest BCUT2D eigenvalue weighted by atomic mass is 16.5. The van der Waals surface area contributed by atoms with Crippen molar-refractivity contribution in [2.24, 2.45) is 0 Å². The summed E-state index contributed by atoms with van der Waals surface area (Å²) >= 11 is 0. The van der Waals surface area contributed by atoms with Crippen molar-refractivity contribution in [2.75, 3.05) is 19.0 Å². The minimum Gasteiger partial charge on any atom is -0.497 e. The zero-order valence-corrected chi connectivity index (χ0v) is 14.8. The lowest BCUT2D eigenvalue weighted by Gasteiger charge is -2.10. The maximum atomic E-state index is 12.2. The Balaban J connectivity index is 1.51. The van der Waals surface area contributed by atoms with E-state index < -0.39 is 0 Å². The smallest absolute Gasteiger partial charge is 0.258 e. The van der Waals surface area contributed by atoms with Gasteiger partial charge in [-0.25, -0.2) is 0 Å². The molecule has 1 atom stereocenters. The highest BCUT2D eigenvalue weighted by molar-refractivity contribution is 5.94. The van der Waals surface area contributed by atoms with Gasteiger partial charge in [0.25, 0.3) is 11.8 Å². The molecule has 27 heavy (non-hydrogen) atoms. The minimum absolute atomic E-state index is 0.130. The molecule has 138 valence electrons. The lowest BCUT2D eigenvalue weighted by molar-refractivity contribution is -0.124. The van der Waals surface area contributed by atoms with Crippen LogP contribution < -0.4 is 10.1 Å². The average Bonchev–Trinajstić information content (AvgIpc) is 3.40. The predicted molar refractivity (Wildman–Crippen MR) is 99.3 cm³/mol. The number of nitrogens with one attached hydrogen (secondary N) is 1. The lowest BCUT2D eigenvalue weighted by atomic mass is 10.1. The van der Waals surface area contributed by atoms with Crippen LogP contribution in [0.2, 0.25) is 0 Å². The molecule has 2 heterocycles. The van der Waals surface area contributed by atoms with Gasteiger partial charge in [-0.15, -0.1) is 0 Å². The minimum atomic E-state index is -0.376. The van der Waals surface area contributed by atoms with Gasteiger partial charge in [-0.2, -0.15) is 4.98 Å². The molecular weight excluding hydrogens is 346 g/mol. The molecule has 0 spiro atoms. The Morgan fingerprint density at radius 1 is 1.19 bits per heavy atom. The topological polar surface area (TPSA) is 86.5 Å². The van der Waals surface area contributed by atoms with Gasteiger partial charge in [0.15, 0.2) is 0 Å². The van der Waals surface area contributed by atoms with Crippen molar-refractivity contribution >= 4 is 11.6 Å². The molecule has 0 radical (unpaired) electrons. The van der Waals surface area contributed by atoms with Crippen molar-refractivity contribution in [3.8, 4) is 28.6 Å². The molecular formula is C20H19N3O4. The maximum absolute atomic E-state index is 12.2. The number of anilines is 1. The summed E-state index contributed by atoms with van der Waals surface area (Å²) < 4.78 is 16.0. The van der Waals surface area contributed by atoms with Crippen LogP contribution in [-0.4, -0.2) is 35.9 Å². The first-order valence-corrected chi connectivity index (χ1v) is 8.74. The van der Waals surface area contributed by atoms with Crippen molar-refractivity contribution < 1.29 is 18.8 Å². The van der Waals surface area contributed by atoms with Crippen LogP contribution in [0.5, 0.6) is 5.75 Å². The lowest BCUT2D eigenvalue weighted by Crippen LogP contribution is -2.26. The van der Waals surface area contributed by atoms with Gasteiger partial charge >= 0.3 is 0 Å². The van der Waals surface area contributed by atoms with E-state index in [2.05, 4.69) is 15.5 Å². The molecule has 1 N–H and O–H groups in total. The van der Waals surface area contributed by atoms with Gasteiger partial charge in [0.05, 0.1) is 7.11 Å². The van der Waals surface area contributed by atoms with Crippen LogP contribution in [0.4, 0.5) is 5.69 Å². The number of methoxy groups -OCH3 is 1. The van der Waals surface area contributed by atoms with E-state index in [9.17, 15) is 4.79 Å².